The van der Waals surface area contributed by atoms with Gasteiger partial charge in [0.2, 0.25) is 0 Å². The molecule has 90 valence electrons. The third-order valence-electron chi connectivity index (χ3n) is 2.44. The highest BCUT2D eigenvalue weighted by atomic mass is 79.9. The summed E-state index contributed by atoms with van der Waals surface area (Å²) in [6.07, 6.45) is -0.591. The highest BCUT2D eigenvalue weighted by Gasteiger charge is 2.14. The van der Waals surface area contributed by atoms with Gasteiger partial charge in [0.25, 0.3) is 0 Å². The van der Waals surface area contributed by atoms with E-state index in [9.17, 15) is 5.11 Å². The Balaban J connectivity index is 2.27. The van der Waals surface area contributed by atoms with E-state index in [1.807, 2.05) is 41.9 Å². The zero-order valence-electron chi connectivity index (χ0n) is 9.39. The van der Waals surface area contributed by atoms with E-state index in [-0.39, 0.29) is 0 Å². The van der Waals surface area contributed by atoms with E-state index < -0.39 is 6.10 Å². The molecule has 1 atom stereocenters. The first-order valence-corrected chi connectivity index (χ1v) is 7.08. The summed E-state index contributed by atoms with van der Waals surface area (Å²) in [4.78, 5) is 0. The summed E-state index contributed by atoms with van der Waals surface area (Å²) in [6.45, 7) is 2.58. The minimum absolute atomic E-state index is 0.591. The Hall–Kier alpha value is -0.840. The molecule has 2 rings (SSSR count). The standard InChI is InChI=1S/C13H13BrO2S/c1-2-16-10-3-4-11(12(14)7-10)13(15)9-5-6-17-8-9/h3-8,13,15H,2H2,1H3. The van der Waals surface area contributed by atoms with Gasteiger partial charge in [-0.1, -0.05) is 22.0 Å². The molecule has 2 aromatic rings. The molecular weight excluding hydrogens is 300 g/mol. The normalized spacial score (nSPS) is 12.4. The first-order chi connectivity index (χ1) is 8.22. The van der Waals surface area contributed by atoms with Crippen LogP contribution < -0.4 is 4.74 Å². The Morgan fingerprint density at radius 3 is 2.82 bits per heavy atom. The molecule has 1 aromatic heterocycles. The first kappa shape index (κ1) is 12.6. The van der Waals surface area contributed by atoms with Crippen LogP contribution in [0.25, 0.3) is 0 Å². The lowest BCUT2D eigenvalue weighted by Crippen LogP contribution is -2.00. The second kappa shape index (κ2) is 5.67. The number of hydrogen-bond acceptors (Lipinski definition) is 3. The third-order valence-corrected chi connectivity index (χ3v) is 3.82. The zero-order chi connectivity index (χ0) is 12.3. The molecule has 1 aromatic carbocycles. The molecule has 0 amide bonds. The largest absolute Gasteiger partial charge is 0.494 e. The maximum atomic E-state index is 10.2. The molecule has 0 aliphatic rings. The minimum atomic E-state index is -0.591. The van der Waals surface area contributed by atoms with Gasteiger partial charge in [0.05, 0.1) is 6.61 Å². The van der Waals surface area contributed by atoms with Crippen molar-refractivity contribution < 1.29 is 9.84 Å². The average Bonchev–Trinajstić information content (AvgIpc) is 2.82. The minimum Gasteiger partial charge on any atom is -0.494 e. The Morgan fingerprint density at radius 2 is 2.24 bits per heavy atom. The topological polar surface area (TPSA) is 29.5 Å². The van der Waals surface area contributed by atoms with Crippen molar-refractivity contribution in [2.24, 2.45) is 0 Å². The summed E-state index contributed by atoms with van der Waals surface area (Å²) in [7, 11) is 0. The molecule has 0 radical (unpaired) electrons. The summed E-state index contributed by atoms with van der Waals surface area (Å²) in [5.41, 5.74) is 1.77. The molecule has 1 heterocycles. The van der Waals surface area contributed by atoms with Crippen molar-refractivity contribution in [2.75, 3.05) is 6.61 Å². The molecule has 2 nitrogen and oxygen atoms in total. The quantitative estimate of drug-likeness (QED) is 0.925. The van der Waals surface area contributed by atoms with Gasteiger partial charge in [-0.25, -0.2) is 0 Å². The Morgan fingerprint density at radius 1 is 1.41 bits per heavy atom. The van der Waals surface area contributed by atoms with Crippen molar-refractivity contribution in [3.05, 3.63) is 50.6 Å². The molecule has 0 aliphatic heterocycles. The predicted molar refractivity (Wildman–Crippen MR) is 73.7 cm³/mol. The van der Waals surface area contributed by atoms with Crippen LogP contribution in [0.4, 0.5) is 0 Å². The second-order valence-electron chi connectivity index (χ2n) is 3.58. The van der Waals surface area contributed by atoms with Gasteiger partial charge >= 0.3 is 0 Å². The van der Waals surface area contributed by atoms with Crippen molar-refractivity contribution >= 4 is 27.3 Å². The number of ether oxygens (including phenoxy) is 1. The van der Waals surface area contributed by atoms with Crippen LogP contribution in [0.15, 0.2) is 39.5 Å². The van der Waals surface area contributed by atoms with Gasteiger partial charge < -0.3 is 9.84 Å². The van der Waals surface area contributed by atoms with E-state index in [1.54, 1.807) is 11.3 Å². The van der Waals surface area contributed by atoms with Crippen LogP contribution in [0.1, 0.15) is 24.2 Å². The van der Waals surface area contributed by atoms with Gasteiger partial charge in [-0.05, 0) is 47.0 Å². The Bertz CT molecular complexity index is 482. The highest BCUT2D eigenvalue weighted by Crippen LogP contribution is 2.32. The molecule has 0 aliphatic carbocycles. The number of aliphatic hydroxyl groups excluding tert-OH is 1. The Kier molecular flexibility index (Phi) is 4.20. The summed E-state index contributed by atoms with van der Waals surface area (Å²) < 4.78 is 6.27. The summed E-state index contributed by atoms with van der Waals surface area (Å²) in [5, 5.41) is 14.1. The molecular formula is C13H13BrO2S. The molecule has 0 bridgehead atoms. The van der Waals surface area contributed by atoms with E-state index in [1.165, 1.54) is 0 Å². The highest BCUT2D eigenvalue weighted by molar-refractivity contribution is 9.10. The number of hydrogen-bond donors (Lipinski definition) is 1. The smallest absolute Gasteiger partial charge is 0.120 e. The first-order valence-electron chi connectivity index (χ1n) is 5.34. The van der Waals surface area contributed by atoms with E-state index in [0.717, 1.165) is 21.3 Å². The van der Waals surface area contributed by atoms with Gasteiger partial charge in [-0.2, -0.15) is 11.3 Å². The number of halogens is 1. The molecule has 1 N–H and O–H groups in total. The Labute approximate surface area is 113 Å². The maximum absolute atomic E-state index is 10.2. The van der Waals surface area contributed by atoms with Gasteiger partial charge in [-0.3, -0.25) is 0 Å². The number of rotatable bonds is 4. The van der Waals surface area contributed by atoms with E-state index >= 15 is 0 Å². The zero-order valence-corrected chi connectivity index (χ0v) is 11.8. The maximum Gasteiger partial charge on any atom is 0.120 e. The lowest BCUT2D eigenvalue weighted by molar-refractivity contribution is 0.220. The molecule has 17 heavy (non-hydrogen) atoms. The van der Waals surface area contributed by atoms with Crippen LogP contribution in [0.2, 0.25) is 0 Å². The van der Waals surface area contributed by atoms with Crippen molar-refractivity contribution in [1.29, 1.82) is 0 Å². The van der Waals surface area contributed by atoms with E-state index in [2.05, 4.69) is 15.9 Å². The van der Waals surface area contributed by atoms with Crippen molar-refractivity contribution in [1.82, 2.24) is 0 Å². The van der Waals surface area contributed by atoms with E-state index in [0.29, 0.717) is 6.61 Å². The fraction of sp³-hybridized carbons (Fsp3) is 0.231. The summed E-state index contributed by atoms with van der Waals surface area (Å²) in [5.74, 6) is 0.806. The van der Waals surface area contributed by atoms with Crippen LogP contribution in [-0.2, 0) is 0 Å². The second-order valence-corrected chi connectivity index (χ2v) is 5.21. The molecule has 1 unspecified atom stereocenters. The monoisotopic (exact) mass is 312 g/mol. The number of thiophene rings is 1. The van der Waals surface area contributed by atoms with Gasteiger partial charge in [0.1, 0.15) is 11.9 Å². The van der Waals surface area contributed by atoms with Gasteiger partial charge in [0, 0.05) is 4.47 Å². The van der Waals surface area contributed by atoms with E-state index in [4.69, 9.17) is 4.74 Å². The number of aliphatic hydroxyl groups is 1. The van der Waals surface area contributed by atoms with Crippen LogP contribution in [-0.4, -0.2) is 11.7 Å². The molecule has 4 heteroatoms. The lowest BCUT2D eigenvalue weighted by atomic mass is 10.0. The van der Waals surface area contributed by atoms with Crippen LogP contribution in [0, 0.1) is 0 Å². The third kappa shape index (κ3) is 2.89. The number of benzene rings is 1. The molecule has 0 fully saturated rings. The van der Waals surface area contributed by atoms with Crippen LogP contribution >= 0.6 is 27.3 Å². The molecule has 0 saturated carbocycles. The van der Waals surface area contributed by atoms with Gasteiger partial charge in [0.15, 0.2) is 0 Å². The van der Waals surface area contributed by atoms with Crippen molar-refractivity contribution in [3.63, 3.8) is 0 Å². The van der Waals surface area contributed by atoms with Crippen molar-refractivity contribution in [2.45, 2.75) is 13.0 Å². The van der Waals surface area contributed by atoms with Crippen LogP contribution in [0.3, 0.4) is 0 Å². The molecule has 0 saturated heterocycles. The predicted octanol–water partition coefficient (Wildman–Crippen LogP) is 3.99. The van der Waals surface area contributed by atoms with Crippen LogP contribution in [0.5, 0.6) is 5.75 Å². The average molecular weight is 313 g/mol. The fourth-order valence-corrected chi connectivity index (χ4v) is 2.85. The SMILES string of the molecule is CCOc1ccc(C(O)c2ccsc2)c(Br)c1. The lowest BCUT2D eigenvalue weighted by Gasteiger charge is -2.13. The summed E-state index contributed by atoms with van der Waals surface area (Å²) in [6, 6.07) is 7.57. The molecule has 0 spiro atoms. The van der Waals surface area contributed by atoms with Gasteiger partial charge in [-0.15, -0.1) is 0 Å². The fourth-order valence-electron chi connectivity index (χ4n) is 1.60. The van der Waals surface area contributed by atoms with Crippen molar-refractivity contribution in [3.8, 4) is 5.75 Å². The summed E-state index contributed by atoms with van der Waals surface area (Å²) >= 11 is 5.05.